The van der Waals surface area contributed by atoms with Gasteiger partial charge in [0.15, 0.2) is 0 Å². The zero-order chi connectivity index (χ0) is 19.8. The minimum atomic E-state index is -0.0163. The second-order valence-electron chi connectivity index (χ2n) is 8.42. The second kappa shape index (κ2) is 5.84. The van der Waals surface area contributed by atoms with Crippen LogP contribution in [0.3, 0.4) is 0 Å². The molecule has 0 saturated heterocycles. The summed E-state index contributed by atoms with van der Waals surface area (Å²) in [6.07, 6.45) is 0. The van der Waals surface area contributed by atoms with E-state index in [9.17, 15) is 0 Å². The SMILES string of the molecule is CC1(C)c2ccc(Br)cc2-c2cc3c4ccccc4n(-c4ccccc4)c3cc21. The molecule has 1 aliphatic carbocycles. The molecule has 2 heteroatoms. The lowest BCUT2D eigenvalue weighted by molar-refractivity contribution is 0.661. The van der Waals surface area contributed by atoms with Gasteiger partial charge in [-0.25, -0.2) is 0 Å². The van der Waals surface area contributed by atoms with Crippen molar-refractivity contribution in [3.8, 4) is 16.8 Å². The predicted molar refractivity (Wildman–Crippen MR) is 126 cm³/mol. The molecule has 4 aromatic carbocycles. The fourth-order valence-electron chi connectivity index (χ4n) is 5.04. The number of para-hydroxylation sites is 2. The monoisotopic (exact) mass is 437 g/mol. The summed E-state index contributed by atoms with van der Waals surface area (Å²) < 4.78 is 3.53. The van der Waals surface area contributed by atoms with Gasteiger partial charge in [0.25, 0.3) is 0 Å². The topological polar surface area (TPSA) is 4.93 Å². The Balaban J connectivity index is 1.78. The van der Waals surface area contributed by atoms with Crippen molar-refractivity contribution < 1.29 is 0 Å². The lowest BCUT2D eigenvalue weighted by atomic mass is 9.82. The third-order valence-electron chi connectivity index (χ3n) is 6.44. The average Bonchev–Trinajstić information content (AvgIpc) is 3.17. The van der Waals surface area contributed by atoms with E-state index in [1.165, 1.54) is 49.7 Å². The van der Waals surface area contributed by atoms with E-state index in [2.05, 4.69) is 119 Å². The van der Waals surface area contributed by atoms with Gasteiger partial charge in [0, 0.05) is 26.3 Å². The lowest BCUT2D eigenvalue weighted by Crippen LogP contribution is -2.15. The van der Waals surface area contributed by atoms with Crippen LogP contribution >= 0.6 is 15.9 Å². The summed E-state index contributed by atoms with van der Waals surface area (Å²) in [5.41, 5.74) is 9.22. The number of benzene rings is 4. The van der Waals surface area contributed by atoms with Crippen molar-refractivity contribution in [2.24, 2.45) is 0 Å². The number of hydrogen-bond donors (Lipinski definition) is 0. The summed E-state index contributed by atoms with van der Waals surface area (Å²) in [6, 6.07) is 30.9. The van der Waals surface area contributed by atoms with Gasteiger partial charge >= 0.3 is 0 Å². The zero-order valence-electron chi connectivity index (χ0n) is 16.4. The molecule has 0 amide bonds. The van der Waals surface area contributed by atoms with Gasteiger partial charge in [0.1, 0.15) is 0 Å². The number of nitrogens with zero attached hydrogens (tertiary/aromatic N) is 1. The maximum absolute atomic E-state index is 3.67. The first kappa shape index (κ1) is 17.1. The van der Waals surface area contributed by atoms with Gasteiger partial charge < -0.3 is 4.57 Å². The highest BCUT2D eigenvalue weighted by Gasteiger charge is 2.36. The molecule has 1 heterocycles. The van der Waals surface area contributed by atoms with Gasteiger partial charge in [0.05, 0.1) is 11.0 Å². The molecule has 0 saturated carbocycles. The molecule has 140 valence electrons. The average molecular weight is 438 g/mol. The van der Waals surface area contributed by atoms with E-state index in [1.54, 1.807) is 0 Å². The third kappa shape index (κ3) is 2.27. The van der Waals surface area contributed by atoms with Crippen LogP contribution in [0.15, 0.2) is 89.4 Å². The Morgan fingerprint density at radius 1 is 0.655 bits per heavy atom. The van der Waals surface area contributed by atoms with E-state index in [-0.39, 0.29) is 5.41 Å². The molecule has 6 rings (SSSR count). The normalized spacial score (nSPS) is 14.3. The Kier molecular flexibility index (Phi) is 3.43. The van der Waals surface area contributed by atoms with Crippen LogP contribution in [0.5, 0.6) is 0 Å². The number of fused-ring (bicyclic) bond motifs is 6. The van der Waals surface area contributed by atoms with E-state index in [4.69, 9.17) is 0 Å². The van der Waals surface area contributed by atoms with E-state index in [1.807, 2.05) is 0 Å². The van der Waals surface area contributed by atoms with Crippen molar-refractivity contribution in [3.63, 3.8) is 0 Å². The van der Waals surface area contributed by atoms with Crippen LogP contribution in [-0.4, -0.2) is 4.57 Å². The van der Waals surface area contributed by atoms with Gasteiger partial charge in [-0.2, -0.15) is 0 Å². The van der Waals surface area contributed by atoms with Crippen LogP contribution in [-0.2, 0) is 5.41 Å². The number of halogens is 1. The summed E-state index contributed by atoms with van der Waals surface area (Å²) in [5, 5.41) is 2.61. The van der Waals surface area contributed by atoms with Gasteiger partial charge in [-0.05, 0) is 64.7 Å². The Morgan fingerprint density at radius 3 is 2.21 bits per heavy atom. The molecule has 0 N–H and O–H groups in total. The highest BCUT2D eigenvalue weighted by Crippen LogP contribution is 2.51. The zero-order valence-corrected chi connectivity index (χ0v) is 18.0. The Hall–Kier alpha value is -2.84. The van der Waals surface area contributed by atoms with Crippen LogP contribution in [0.25, 0.3) is 38.6 Å². The fraction of sp³-hybridized carbons (Fsp3) is 0.111. The first-order chi connectivity index (χ1) is 14.1. The molecule has 0 bridgehead atoms. The van der Waals surface area contributed by atoms with Crippen LogP contribution < -0.4 is 0 Å². The quantitative estimate of drug-likeness (QED) is 0.251. The molecular weight excluding hydrogens is 418 g/mol. The maximum Gasteiger partial charge on any atom is 0.0544 e. The number of aromatic nitrogens is 1. The molecule has 5 aromatic rings. The minimum absolute atomic E-state index is 0.0163. The van der Waals surface area contributed by atoms with Gasteiger partial charge in [-0.3, -0.25) is 0 Å². The molecule has 0 atom stereocenters. The maximum atomic E-state index is 3.67. The van der Waals surface area contributed by atoms with Gasteiger partial charge in [0.2, 0.25) is 0 Å². The smallest absolute Gasteiger partial charge is 0.0544 e. The van der Waals surface area contributed by atoms with Crippen molar-refractivity contribution in [3.05, 3.63) is 101 Å². The number of hydrogen-bond acceptors (Lipinski definition) is 0. The van der Waals surface area contributed by atoms with Crippen LogP contribution in [0.4, 0.5) is 0 Å². The van der Waals surface area contributed by atoms with Crippen molar-refractivity contribution in [2.45, 2.75) is 19.3 Å². The Labute approximate surface area is 178 Å². The summed E-state index contributed by atoms with van der Waals surface area (Å²) in [6.45, 7) is 4.68. The molecular formula is C27H20BrN. The summed E-state index contributed by atoms with van der Waals surface area (Å²) in [7, 11) is 0. The molecule has 0 aliphatic heterocycles. The Bertz CT molecular complexity index is 1420. The van der Waals surface area contributed by atoms with Crippen LogP contribution in [0, 0.1) is 0 Å². The van der Waals surface area contributed by atoms with Crippen molar-refractivity contribution >= 4 is 37.7 Å². The first-order valence-corrected chi connectivity index (χ1v) is 10.8. The molecule has 0 spiro atoms. The van der Waals surface area contributed by atoms with Gasteiger partial charge in [-0.1, -0.05) is 72.2 Å². The van der Waals surface area contributed by atoms with E-state index >= 15 is 0 Å². The third-order valence-corrected chi connectivity index (χ3v) is 6.94. The highest BCUT2D eigenvalue weighted by atomic mass is 79.9. The minimum Gasteiger partial charge on any atom is -0.309 e. The molecule has 1 aliphatic rings. The number of rotatable bonds is 1. The second-order valence-corrected chi connectivity index (χ2v) is 9.33. The van der Waals surface area contributed by atoms with Crippen LogP contribution in [0.1, 0.15) is 25.0 Å². The molecule has 0 radical (unpaired) electrons. The van der Waals surface area contributed by atoms with E-state index in [0.29, 0.717) is 0 Å². The molecule has 0 fully saturated rings. The van der Waals surface area contributed by atoms with Crippen LogP contribution in [0.2, 0.25) is 0 Å². The van der Waals surface area contributed by atoms with Gasteiger partial charge in [-0.15, -0.1) is 0 Å². The predicted octanol–water partition coefficient (Wildman–Crippen LogP) is 7.85. The summed E-state index contributed by atoms with van der Waals surface area (Å²) in [4.78, 5) is 0. The van der Waals surface area contributed by atoms with Crippen molar-refractivity contribution in [1.82, 2.24) is 4.57 Å². The summed E-state index contributed by atoms with van der Waals surface area (Å²) in [5.74, 6) is 0. The van der Waals surface area contributed by atoms with Crippen molar-refractivity contribution in [1.29, 1.82) is 0 Å². The molecule has 1 nitrogen and oxygen atoms in total. The van der Waals surface area contributed by atoms with E-state index < -0.39 is 0 Å². The Morgan fingerprint density at radius 2 is 1.38 bits per heavy atom. The highest BCUT2D eigenvalue weighted by molar-refractivity contribution is 9.10. The largest absolute Gasteiger partial charge is 0.309 e. The molecule has 1 aromatic heterocycles. The molecule has 0 unspecified atom stereocenters. The fourth-order valence-corrected chi connectivity index (χ4v) is 5.40. The van der Waals surface area contributed by atoms with Crippen molar-refractivity contribution in [2.75, 3.05) is 0 Å². The standard InChI is InChI=1S/C27H20BrN/c1-27(2)23-13-12-17(28)14-20(23)21-15-22-19-10-6-7-11-25(19)29(26(22)16-24(21)27)18-8-4-3-5-9-18/h3-16H,1-2H3. The molecule has 29 heavy (non-hydrogen) atoms. The first-order valence-electron chi connectivity index (χ1n) is 9.99. The van der Waals surface area contributed by atoms with E-state index in [0.717, 1.165) is 4.47 Å². The lowest BCUT2D eigenvalue weighted by Gasteiger charge is -2.21. The summed E-state index contributed by atoms with van der Waals surface area (Å²) >= 11 is 3.67.